The van der Waals surface area contributed by atoms with Crippen LogP contribution in [0.25, 0.3) is 0 Å². The molecule has 0 spiro atoms. The minimum Gasteiger partial charge on any atom is -0.508 e. The fourth-order valence-electron chi connectivity index (χ4n) is 3.72. The molecule has 0 saturated carbocycles. The van der Waals surface area contributed by atoms with E-state index in [4.69, 9.17) is 14.2 Å². The number of rotatable bonds is 4. The minimum atomic E-state index is -1.13. The zero-order chi connectivity index (χ0) is 24.7. The summed E-state index contributed by atoms with van der Waals surface area (Å²) in [4.78, 5) is 12.8. The highest BCUT2D eigenvalue weighted by molar-refractivity contribution is 5.91. The Morgan fingerprint density at radius 3 is 1.97 bits per heavy atom. The summed E-state index contributed by atoms with van der Waals surface area (Å²) in [5, 5.41) is 68.5. The number of phenols is 7. The van der Waals surface area contributed by atoms with Crippen LogP contribution >= 0.6 is 0 Å². The van der Waals surface area contributed by atoms with Gasteiger partial charge in [-0.3, -0.25) is 0 Å². The van der Waals surface area contributed by atoms with Gasteiger partial charge in [0.05, 0.1) is 12.7 Å². The van der Waals surface area contributed by atoms with Crippen LogP contribution in [0.1, 0.15) is 27.6 Å². The average molecular weight is 472 g/mol. The first kappa shape index (κ1) is 22.5. The van der Waals surface area contributed by atoms with Gasteiger partial charge in [-0.2, -0.15) is 0 Å². The number of fused-ring (bicyclic) bond motifs is 1. The zero-order valence-electron chi connectivity index (χ0n) is 17.6. The van der Waals surface area contributed by atoms with Gasteiger partial charge in [0, 0.05) is 29.7 Å². The van der Waals surface area contributed by atoms with Crippen molar-refractivity contribution in [3.05, 3.63) is 53.1 Å². The summed E-state index contributed by atoms with van der Waals surface area (Å²) in [6, 6.07) is 6.70. The highest BCUT2D eigenvalue weighted by atomic mass is 16.6. The van der Waals surface area contributed by atoms with Crippen molar-refractivity contribution in [1.29, 1.82) is 0 Å². The van der Waals surface area contributed by atoms with Gasteiger partial charge in [-0.05, 0) is 24.3 Å². The molecule has 0 saturated heterocycles. The molecule has 0 unspecified atom stereocenters. The van der Waals surface area contributed by atoms with Crippen molar-refractivity contribution in [2.45, 2.75) is 18.6 Å². The first-order valence-electron chi connectivity index (χ1n) is 9.86. The second kappa shape index (κ2) is 8.35. The largest absolute Gasteiger partial charge is 0.508 e. The van der Waals surface area contributed by atoms with E-state index in [0.717, 1.165) is 24.3 Å². The molecule has 3 aromatic carbocycles. The molecule has 0 aromatic heterocycles. The van der Waals surface area contributed by atoms with Crippen LogP contribution in [0.15, 0.2) is 36.4 Å². The lowest BCUT2D eigenvalue weighted by Gasteiger charge is -2.34. The van der Waals surface area contributed by atoms with Crippen LogP contribution in [-0.2, 0) is 11.2 Å². The molecule has 0 aliphatic carbocycles. The number of aromatic hydroxyl groups is 7. The number of phenolic OH excluding ortho intramolecular Hbond substituents is 7. The third-order valence-electron chi connectivity index (χ3n) is 5.35. The van der Waals surface area contributed by atoms with Crippen molar-refractivity contribution in [3.8, 4) is 51.7 Å². The fourth-order valence-corrected chi connectivity index (χ4v) is 3.72. The SMILES string of the molecule is COc1cc(O)cc2c1C[C@H](OC(=O)c1cc(O)c(O)c(O)c1)[C@@H](c1cc(O)c(O)c(O)c1)O2. The molecule has 11 nitrogen and oxygen atoms in total. The van der Waals surface area contributed by atoms with Crippen molar-refractivity contribution in [2.24, 2.45) is 0 Å². The fraction of sp³-hybridized carbons (Fsp3) is 0.174. The molecule has 4 rings (SSSR count). The van der Waals surface area contributed by atoms with E-state index >= 15 is 0 Å². The van der Waals surface area contributed by atoms with Crippen LogP contribution in [0, 0.1) is 0 Å². The van der Waals surface area contributed by atoms with Crippen molar-refractivity contribution >= 4 is 5.97 Å². The zero-order valence-corrected chi connectivity index (χ0v) is 17.6. The Balaban J connectivity index is 1.76. The Bertz CT molecular complexity index is 1240. The van der Waals surface area contributed by atoms with Crippen LogP contribution in [0.4, 0.5) is 0 Å². The molecule has 178 valence electrons. The number of methoxy groups -OCH3 is 1. The summed E-state index contributed by atoms with van der Waals surface area (Å²) in [6.07, 6.45) is -2.22. The van der Waals surface area contributed by atoms with Crippen LogP contribution in [-0.4, -0.2) is 54.9 Å². The highest BCUT2D eigenvalue weighted by Gasteiger charge is 2.37. The Morgan fingerprint density at radius 2 is 1.41 bits per heavy atom. The summed E-state index contributed by atoms with van der Waals surface area (Å²) in [7, 11) is 1.38. The molecule has 1 aliphatic rings. The second-order valence-corrected chi connectivity index (χ2v) is 7.58. The maximum atomic E-state index is 12.8. The van der Waals surface area contributed by atoms with Crippen LogP contribution < -0.4 is 9.47 Å². The molecular weight excluding hydrogens is 452 g/mol. The van der Waals surface area contributed by atoms with Crippen LogP contribution in [0.2, 0.25) is 0 Å². The maximum absolute atomic E-state index is 12.8. The van der Waals surface area contributed by atoms with Crippen LogP contribution in [0.3, 0.4) is 0 Å². The minimum absolute atomic E-state index is 0.00758. The maximum Gasteiger partial charge on any atom is 0.338 e. The van der Waals surface area contributed by atoms with E-state index in [0.29, 0.717) is 5.56 Å². The molecule has 11 heteroatoms. The van der Waals surface area contributed by atoms with E-state index < -0.39 is 52.7 Å². The summed E-state index contributed by atoms with van der Waals surface area (Å²) in [5.74, 6) is -5.00. The van der Waals surface area contributed by atoms with Crippen LogP contribution in [0.5, 0.6) is 51.7 Å². The summed E-state index contributed by atoms with van der Waals surface area (Å²) in [6.45, 7) is 0. The third kappa shape index (κ3) is 3.94. The third-order valence-corrected chi connectivity index (χ3v) is 5.35. The van der Waals surface area contributed by atoms with Crippen molar-refractivity contribution in [1.82, 2.24) is 0 Å². The Labute approximate surface area is 191 Å². The van der Waals surface area contributed by atoms with Gasteiger partial charge in [0.1, 0.15) is 23.4 Å². The van der Waals surface area contributed by atoms with Crippen molar-refractivity contribution in [3.63, 3.8) is 0 Å². The monoisotopic (exact) mass is 472 g/mol. The standard InChI is InChI=1S/C23H20O11/c1-32-17-6-11(24)7-18-12(17)8-19(22(33-18)9-2-13(25)20(29)14(26)3-9)34-23(31)10-4-15(27)21(30)16(28)5-10/h2-7,19,22,24-30H,8H2,1H3/t19-,22+/m0/s1. The lowest BCUT2D eigenvalue weighted by atomic mass is 9.93. The molecular formula is C23H20O11. The van der Waals surface area contributed by atoms with Gasteiger partial charge in [-0.15, -0.1) is 0 Å². The molecule has 0 fully saturated rings. The van der Waals surface area contributed by atoms with Gasteiger partial charge in [0.15, 0.2) is 40.6 Å². The number of benzene rings is 3. The lowest BCUT2D eigenvalue weighted by molar-refractivity contribution is -0.0189. The average Bonchev–Trinajstić information content (AvgIpc) is 2.79. The number of ether oxygens (including phenoxy) is 3. The summed E-state index contributed by atoms with van der Waals surface area (Å²) < 4.78 is 16.8. The van der Waals surface area contributed by atoms with E-state index in [1.807, 2.05) is 0 Å². The van der Waals surface area contributed by atoms with Gasteiger partial charge in [-0.1, -0.05) is 0 Å². The molecule has 1 aliphatic heterocycles. The predicted molar refractivity (Wildman–Crippen MR) is 114 cm³/mol. The number of hydrogen-bond donors (Lipinski definition) is 7. The van der Waals surface area contributed by atoms with Crippen molar-refractivity contribution in [2.75, 3.05) is 7.11 Å². The van der Waals surface area contributed by atoms with Crippen molar-refractivity contribution < 1.29 is 54.8 Å². The highest BCUT2D eigenvalue weighted by Crippen LogP contribution is 2.46. The molecule has 0 amide bonds. The topological polar surface area (TPSA) is 186 Å². The normalized spacial score (nSPS) is 16.9. The van der Waals surface area contributed by atoms with E-state index in [-0.39, 0.29) is 34.8 Å². The summed E-state index contributed by atoms with van der Waals surface area (Å²) >= 11 is 0. The van der Waals surface area contributed by atoms with Gasteiger partial charge >= 0.3 is 5.97 Å². The molecule has 0 bridgehead atoms. The van der Waals surface area contributed by atoms with Gasteiger partial charge in [0.2, 0.25) is 0 Å². The van der Waals surface area contributed by atoms with Gasteiger partial charge in [0.25, 0.3) is 0 Å². The molecule has 2 atom stereocenters. The number of esters is 1. The smallest absolute Gasteiger partial charge is 0.338 e. The van der Waals surface area contributed by atoms with E-state index in [1.54, 1.807) is 0 Å². The molecule has 34 heavy (non-hydrogen) atoms. The first-order chi connectivity index (χ1) is 16.1. The first-order valence-corrected chi connectivity index (χ1v) is 9.86. The quantitative estimate of drug-likeness (QED) is 0.218. The number of carbonyl (C=O) groups is 1. The predicted octanol–water partition coefficient (Wildman–Crippen LogP) is 2.54. The van der Waals surface area contributed by atoms with E-state index in [1.165, 1.54) is 19.2 Å². The van der Waals surface area contributed by atoms with E-state index in [9.17, 15) is 40.5 Å². The number of hydrogen-bond acceptors (Lipinski definition) is 11. The molecule has 0 radical (unpaired) electrons. The lowest BCUT2D eigenvalue weighted by Crippen LogP contribution is -2.35. The van der Waals surface area contributed by atoms with Gasteiger partial charge < -0.3 is 50.0 Å². The van der Waals surface area contributed by atoms with E-state index in [2.05, 4.69) is 0 Å². The summed E-state index contributed by atoms with van der Waals surface area (Å²) in [5.41, 5.74) is 0.319. The number of carbonyl (C=O) groups excluding carboxylic acids is 1. The molecule has 7 N–H and O–H groups in total. The molecule has 1 heterocycles. The van der Waals surface area contributed by atoms with Gasteiger partial charge in [-0.25, -0.2) is 4.79 Å². The Morgan fingerprint density at radius 1 is 0.853 bits per heavy atom. The Hall–Kier alpha value is -4.67. The molecule has 3 aromatic rings. The second-order valence-electron chi connectivity index (χ2n) is 7.58. The Kier molecular flexibility index (Phi) is 5.53.